The number of hydrogen-bond acceptors (Lipinski definition) is 3. The molecule has 5 nitrogen and oxygen atoms in total. The molecule has 0 aromatic heterocycles. The van der Waals surface area contributed by atoms with Crippen molar-refractivity contribution in [2.75, 3.05) is 0 Å². The number of carbonyl (C=O) groups is 1. The van der Waals surface area contributed by atoms with Crippen molar-refractivity contribution in [1.29, 1.82) is 0 Å². The van der Waals surface area contributed by atoms with E-state index < -0.39 is 6.03 Å². The van der Waals surface area contributed by atoms with Crippen molar-refractivity contribution >= 4 is 6.03 Å². The smallest absolute Gasteiger partial charge is 0.338 e. The lowest BCUT2D eigenvalue weighted by atomic mass is 10.2. The van der Waals surface area contributed by atoms with E-state index in [2.05, 4.69) is 5.29 Å². The molecule has 74 valence electrons. The number of hydrogen-bond donors (Lipinski definition) is 1. The van der Waals surface area contributed by atoms with Gasteiger partial charge in [0.05, 0.1) is 11.3 Å². The summed E-state index contributed by atoms with van der Waals surface area (Å²) in [4.78, 5) is 21.2. The molecule has 0 saturated heterocycles. The van der Waals surface area contributed by atoms with Gasteiger partial charge < -0.3 is 5.73 Å². The van der Waals surface area contributed by atoms with Gasteiger partial charge in [0.15, 0.2) is 0 Å². The van der Waals surface area contributed by atoms with Gasteiger partial charge in [-0.05, 0) is 12.3 Å². The van der Waals surface area contributed by atoms with Crippen LogP contribution >= 0.6 is 0 Å². The number of carbonyl (C=O) groups excluding carboxylic acids is 1. The highest BCUT2D eigenvalue weighted by Crippen LogP contribution is 2.47. The van der Waals surface area contributed by atoms with Crippen LogP contribution in [0.3, 0.4) is 0 Å². The van der Waals surface area contributed by atoms with Crippen LogP contribution in [0.4, 0.5) is 4.79 Å². The van der Waals surface area contributed by atoms with Crippen LogP contribution in [0.2, 0.25) is 0 Å². The van der Waals surface area contributed by atoms with Gasteiger partial charge in [0.2, 0.25) is 0 Å². The van der Waals surface area contributed by atoms with E-state index in [0.29, 0.717) is 5.92 Å². The highest BCUT2D eigenvalue weighted by molar-refractivity contribution is 5.72. The fourth-order valence-electron chi connectivity index (χ4n) is 2.03. The molecule has 2 N–H and O–H groups in total. The van der Waals surface area contributed by atoms with Gasteiger partial charge in [-0.2, -0.15) is 5.01 Å². The fraction of sp³-hybridized carbons (Fsp3) is 0.444. The maximum atomic E-state index is 10.9. The molecule has 1 saturated carbocycles. The highest BCUT2D eigenvalue weighted by Gasteiger charge is 2.53. The molecule has 0 heterocycles. The average molecular weight is 193 g/mol. The first-order valence-electron chi connectivity index (χ1n) is 4.51. The Morgan fingerprint density at radius 1 is 1.50 bits per heavy atom. The Bertz CT molecular complexity index is 324. The van der Waals surface area contributed by atoms with Crippen molar-refractivity contribution in [2.24, 2.45) is 22.9 Å². The summed E-state index contributed by atoms with van der Waals surface area (Å²) in [6.07, 6.45) is 8.76. The number of primary amides is 1. The van der Waals surface area contributed by atoms with E-state index >= 15 is 0 Å². The predicted octanol–water partition coefficient (Wildman–Crippen LogP) is 1.18. The van der Waals surface area contributed by atoms with Crippen LogP contribution < -0.4 is 5.73 Å². The number of nitrogens with two attached hydrogens (primary N) is 1. The van der Waals surface area contributed by atoms with E-state index in [1.807, 2.05) is 24.3 Å². The summed E-state index contributed by atoms with van der Waals surface area (Å²) >= 11 is 0. The minimum Gasteiger partial charge on any atom is -0.350 e. The first-order valence-corrected chi connectivity index (χ1v) is 4.51. The number of rotatable bonds is 2. The summed E-state index contributed by atoms with van der Waals surface area (Å²) in [7, 11) is 0. The van der Waals surface area contributed by atoms with E-state index in [9.17, 15) is 9.70 Å². The van der Waals surface area contributed by atoms with Crippen molar-refractivity contribution in [3.8, 4) is 0 Å². The molecule has 0 aliphatic heterocycles. The predicted molar refractivity (Wildman–Crippen MR) is 50.9 cm³/mol. The molecule has 0 aromatic carbocycles. The van der Waals surface area contributed by atoms with Crippen LogP contribution in [0.25, 0.3) is 0 Å². The summed E-state index contributed by atoms with van der Waals surface area (Å²) in [6.45, 7) is 0. The number of fused-ring (bicyclic) bond motifs is 1. The largest absolute Gasteiger partial charge is 0.350 e. The molecule has 2 aliphatic rings. The van der Waals surface area contributed by atoms with Crippen molar-refractivity contribution in [3.05, 3.63) is 29.2 Å². The van der Waals surface area contributed by atoms with Gasteiger partial charge in [0.25, 0.3) is 0 Å². The molecular weight excluding hydrogens is 182 g/mol. The van der Waals surface area contributed by atoms with E-state index in [0.717, 1.165) is 11.4 Å². The van der Waals surface area contributed by atoms with Gasteiger partial charge in [0, 0.05) is 5.92 Å². The lowest BCUT2D eigenvalue weighted by Crippen LogP contribution is -2.34. The zero-order valence-electron chi connectivity index (χ0n) is 7.54. The van der Waals surface area contributed by atoms with Gasteiger partial charge in [-0.1, -0.05) is 24.3 Å². The summed E-state index contributed by atoms with van der Waals surface area (Å²) in [6, 6.07) is -0.901. The zero-order chi connectivity index (χ0) is 10.1. The number of nitrogens with zero attached hydrogens (tertiary/aromatic N) is 2. The van der Waals surface area contributed by atoms with Gasteiger partial charge >= 0.3 is 6.03 Å². The second-order valence-corrected chi connectivity index (χ2v) is 3.55. The fourth-order valence-corrected chi connectivity index (χ4v) is 2.03. The molecule has 0 spiro atoms. The summed E-state index contributed by atoms with van der Waals surface area (Å²) < 4.78 is 0. The lowest BCUT2D eigenvalue weighted by Gasteiger charge is -2.09. The molecule has 0 unspecified atom stereocenters. The first kappa shape index (κ1) is 8.93. The maximum absolute atomic E-state index is 10.9. The van der Waals surface area contributed by atoms with E-state index in [-0.39, 0.29) is 12.0 Å². The van der Waals surface area contributed by atoms with Gasteiger partial charge in [0.1, 0.15) is 0 Å². The van der Waals surface area contributed by atoms with Crippen LogP contribution in [0.15, 0.2) is 29.6 Å². The molecule has 1 fully saturated rings. The van der Waals surface area contributed by atoms with Crippen molar-refractivity contribution in [3.63, 3.8) is 0 Å². The van der Waals surface area contributed by atoms with Gasteiger partial charge in [-0.25, -0.2) is 4.79 Å². The molecule has 2 rings (SSSR count). The minimum absolute atomic E-state index is 0.133. The van der Waals surface area contributed by atoms with E-state index in [4.69, 9.17) is 5.73 Å². The maximum Gasteiger partial charge on any atom is 0.338 e. The van der Waals surface area contributed by atoms with Crippen molar-refractivity contribution < 1.29 is 4.79 Å². The number of urea groups is 1. The Kier molecular flexibility index (Phi) is 2.07. The molecule has 14 heavy (non-hydrogen) atoms. The third kappa shape index (κ3) is 1.30. The van der Waals surface area contributed by atoms with Crippen molar-refractivity contribution in [2.45, 2.75) is 12.5 Å². The minimum atomic E-state index is -0.768. The summed E-state index contributed by atoms with van der Waals surface area (Å²) in [5.41, 5.74) is 5.03. The number of amides is 2. The Morgan fingerprint density at radius 2 is 2.29 bits per heavy atom. The summed E-state index contributed by atoms with van der Waals surface area (Å²) in [5.74, 6) is 0.533. The Labute approximate surface area is 81.2 Å². The van der Waals surface area contributed by atoms with E-state index in [1.165, 1.54) is 0 Å². The van der Waals surface area contributed by atoms with E-state index in [1.54, 1.807) is 0 Å². The molecule has 0 bridgehead atoms. The zero-order valence-corrected chi connectivity index (χ0v) is 7.54. The highest BCUT2D eigenvalue weighted by atomic mass is 16.3. The van der Waals surface area contributed by atoms with Crippen molar-refractivity contribution in [1.82, 2.24) is 5.01 Å². The van der Waals surface area contributed by atoms with Crippen LogP contribution in [0.5, 0.6) is 0 Å². The second kappa shape index (κ2) is 3.25. The molecule has 3 atom stereocenters. The van der Waals surface area contributed by atoms with Crippen LogP contribution in [0.1, 0.15) is 6.42 Å². The monoisotopic (exact) mass is 193 g/mol. The molecule has 0 radical (unpaired) electrons. The molecule has 2 amide bonds. The molecule has 2 aliphatic carbocycles. The van der Waals surface area contributed by atoms with Crippen LogP contribution in [-0.4, -0.2) is 17.1 Å². The van der Waals surface area contributed by atoms with Crippen LogP contribution in [-0.2, 0) is 0 Å². The quantitative estimate of drug-likeness (QED) is 0.528. The Morgan fingerprint density at radius 3 is 2.93 bits per heavy atom. The van der Waals surface area contributed by atoms with Gasteiger partial charge in [-0.15, -0.1) is 4.91 Å². The topological polar surface area (TPSA) is 75.8 Å². The Balaban J connectivity index is 2.09. The number of nitroso groups, excluding NO2 is 1. The first-order chi connectivity index (χ1) is 6.75. The second-order valence-electron chi connectivity index (χ2n) is 3.55. The Hall–Kier alpha value is -1.65. The van der Waals surface area contributed by atoms with Gasteiger partial charge in [-0.3, -0.25) is 0 Å². The SMILES string of the molecule is NC(=O)N(N=O)[C@@H]1[C@H]2C=CC=CC[C@H]21. The average Bonchev–Trinajstić information content (AvgIpc) is 2.82. The lowest BCUT2D eigenvalue weighted by molar-refractivity contribution is 0.202. The summed E-state index contributed by atoms with van der Waals surface area (Å²) in [5, 5.41) is 3.50. The normalized spacial score (nSPS) is 33.0. The molecule has 5 heteroatoms. The molecule has 0 aromatic rings. The number of allylic oxidation sites excluding steroid dienone is 3. The molecular formula is C9H11N3O2. The third-order valence-corrected chi connectivity index (χ3v) is 2.77. The third-order valence-electron chi connectivity index (χ3n) is 2.77. The standard InChI is InChI=1S/C9H11N3O2/c10-9(13)12(11-14)8-6-4-2-1-3-5-7(6)8/h1-4,6-8H,5H2,(H2,10,13)/t6-,7+,8+/m0/s1. The van der Waals surface area contributed by atoms with Crippen LogP contribution in [0, 0.1) is 16.7 Å².